The molecule has 10 nitrogen and oxygen atoms in total. The minimum Gasteiger partial charge on any atom is -0.497 e. The lowest BCUT2D eigenvalue weighted by molar-refractivity contribution is 0.0811. The van der Waals surface area contributed by atoms with Crippen LogP contribution in [0, 0.1) is 6.92 Å². The molecule has 3 aromatic rings. The number of hydrogen-bond donors (Lipinski definition) is 1. The van der Waals surface area contributed by atoms with Gasteiger partial charge in [0, 0.05) is 32.5 Å². The second-order valence-corrected chi connectivity index (χ2v) is 11.5. The smallest absolute Gasteiger partial charge is 0.322 e. The molecule has 2 aromatic carbocycles. The lowest BCUT2D eigenvalue weighted by Gasteiger charge is -2.26. The predicted molar refractivity (Wildman–Crippen MR) is 148 cm³/mol. The minimum absolute atomic E-state index is 0.0617. The molecular weight excluding hydrogens is 520 g/mol. The van der Waals surface area contributed by atoms with Crippen LogP contribution in [-0.4, -0.2) is 69.0 Å². The molecule has 1 saturated heterocycles. The van der Waals surface area contributed by atoms with Gasteiger partial charge in [0.15, 0.2) is 0 Å². The Balaban J connectivity index is 1.60. The minimum atomic E-state index is -3.81. The van der Waals surface area contributed by atoms with Gasteiger partial charge in [-0.3, -0.25) is 0 Å². The number of nitrogens with zero attached hydrogens (tertiary/aromatic N) is 3. The molecule has 1 aromatic heterocycles. The zero-order valence-electron chi connectivity index (χ0n) is 22.6. The number of sulfone groups is 1. The van der Waals surface area contributed by atoms with E-state index in [1.807, 2.05) is 31.2 Å². The van der Waals surface area contributed by atoms with Crippen LogP contribution in [-0.2, 0) is 38.2 Å². The first-order valence-electron chi connectivity index (χ1n) is 12.9. The van der Waals surface area contributed by atoms with Gasteiger partial charge in [-0.05, 0) is 49.6 Å². The molecule has 1 aliphatic heterocycles. The molecule has 11 heteroatoms. The Labute approximate surface area is 229 Å². The van der Waals surface area contributed by atoms with E-state index in [1.54, 1.807) is 40.8 Å². The summed E-state index contributed by atoms with van der Waals surface area (Å²) >= 11 is 0. The first-order chi connectivity index (χ1) is 18.8. The van der Waals surface area contributed by atoms with Crippen molar-refractivity contribution in [1.82, 2.24) is 14.5 Å². The SMILES string of the molecule is COCCn1c(CN(C[C@@H]2CCCO2)C(=O)Nc2ccc(C)cc2)cnc1S(=O)(=O)Cc1cccc(OC)c1. The number of aromatic nitrogens is 2. The molecule has 2 heterocycles. The normalized spacial score (nSPS) is 15.3. The molecular formula is C28H36N4O6S. The highest BCUT2D eigenvalue weighted by Crippen LogP contribution is 2.23. The van der Waals surface area contributed by atoms with Gasteiger partial charge in [-0.2, -0.15) is 0 Å². The van der Waals surface area contributed by atoms with E-state index in [0.29, 0.717) is 35.8 Å². The molecule has 0 unspecified atom stereocenters. The molecule has 210 valence electrons. The van der Waals surface area contributed by atoms with E-state index in [9.17, 15) is 13.2 Å². The van der Waals surface area contributed by atoms with Gasteiger partial charge in [-0.15, -0.1) is 0 Å². The maximum Gasteiger partial charge on any atom is 0.322 e. The Hall–Kier alpha value is -3.41. The summed E-state index contributed by atoms with van der Waals surface area (Å²) in [6, 6.07) is 14.2. The molecule has 0 radical (unpaired) electrons. The fraction of sp³-hybridized carbons (Fsp3) is 0.429. The van der Waals surface area contributed by atoms with Crippen LogP contribution in [0.3, 0.4) is 0 Å². The summed E-state index contributed by atoms with van der Waals surface area (Å²) in [5.74, 6) is 0.344. The number of carbonyl (C=O) groups is 1. The van der Waals surface area contributed by atoms with Crippen molar-refractivity contribution in [2.24, 2.45) is 0 Å². The summed E-state index contributed by atoms with van der Waals surface area (Å²) in [5, 5.41) is 2.89. The largest absolute Gasteiger partial charge is 0.497 e. The number of methoxy groups -OCH3 is 2. The first kappa shape index (κ1) is 28.6. The molecule has 0 aliphatic carbocycles. The number of aryl methyl sites for hydroxylation is 1. The van der Waals surface area contributed by atoms with Gasteiger partial charge in [0.2, 0.25) is 15.0 Å². The van der Waals surface area contributed by atoms with Crippen LogP contribution in [0.1, 0.15) is 29.7 Å². The van der Waals surface area contributed by atoms with Crippen molar-refractivity contribution in [2.75, 3.05) is 39.3 Å². The van der Waals surface area contributed by atoms with Crippen LogP contribution in [0.25, 0.3) is 0 Å². The number of anilines is 1. The van der Waals surface area contributed by atoms with E-state index >= 15 is 0 Å². The number of ether oxygens (including phenoxy) is 3. The van der Waals surface area contributed by atoms with Crippen LogP contribution in [0.15, 0.2) is 59.9 Å². The van der Waals surface area contributed by atoms with Crippen molar-refractivity contribution >= 4 is 21.6 Å². The maximum absolute atomic E-state index is 13.5. The Morgan fingerprint density at radius 2 is 2.00 bits per heavy atom. The van der Waals surface area contributed by atoms with E-state index < -0.39 is 9.84 Å². The van der Waals surface area contributed by atoms with Crippen molar-refractivity contribution in [3.05, 3.63) is 71.5 Å². The van der Waals surface area contributed by atoms with E-state index in [4.69, 9.17) is 14.2 Å². The number of urea groups is 1. The Morgan fingerprint density at radius 3 is 2.69 bits per heavy atom. The van der Waals surface area contributed by atoms with Gasteiger partial charge in [0.1, 0.15) is 5.75 Å². The van der Waals surface area contributed by atoms with Crippen LogP contribution in [0.5, 0.6) is 5.75 Å². The van der Waals surface area contributed by atoms with E-state index in [2.05, 4.69) is 10.3 Å². The summed E-state index contributed by atoms with van der Waals surface area (Å²) < 4.78 is 44.9. The molecule has 1 atom stereocenters. The predicted octanol–water partition coefficient (Wildman–Crippen LogP) is 4.03. The van der Waals surface area contributed by atoms with E-state index in [-0.39, 0.29) is 42.7 Å². The Bertz CT molecular complexity index is 1350. The van der Waals surface area contributed by atoms with Crippen LogP contribution >= 0.6 is 0 Å². The number of carbonyl (C=O) groups excluding carboxylic acids is 1. The van der Waals surface area contributed by atoms with Crippen LogP contribution < -0.4 is 10.1 Å². The fourth-order valence-electron chi connectivity index (χ4n) is 4.52. The monoisotopic (exact) mass is 556 g/mol. The van der Waals surface area contributed by atoms with Crippen molar-refractivity contribution < 1.29 is 27.4 Å². The molecule has 39 heavy (non-hydrogen) atoms. The average Bonchev–Trinajstić information content (AvgIpc) is 3.58. The molecule has 1 fully saturated rings. The van der Waals surface area contributed by atoms with Gasteiger partial charge in [0.05, 0.1) is 44.0 Å². The Morgan fingerprint density at radius 1 is 1.21 bits per heavy atom. The fourth-order valence-corrected chi connectivity index (χ4v) is 6.03. The Kier molecular flexibility index (Phi) is 9.60. The summed E-state index contributed by atoms with van der Waals surface area (Å²) in [4.78, 5) is 19.4. The van der Waals surface area contributed by atoms with Gasteiger partial charge in [-0.25, -0.2) is 18.2 Å². The number of hydrogen-bond acceptors (Lipinski definition) is 7. The third-order valence-corrected chi connectivity index (χ3v) is 8.18. The number of benzene rings is 2. The zero-order chi connectivity index (χ0) is 27.8. The summed E-state index contributed by atoms with van der Waals surface area (Å²) in [6.07, 6.45) is 3.24. The number of nitrogens with one attached hydrogen (secondary N) is 1. The van der Waals surface area contributed by atoms with Crippen molar-refractivity contribution in [2.45, 2.75) is 49.9 Å². The number of rotatable bonds is 12. The molecule has 0 bridgehead atoms. The van der Waals surface area contributed by atoms with Gasteiger partial charge in [0.25, 0.3) is 0 Å². The highest BCUT2D eigenvalue weighted by atomic mass is 32.2. The van der Waals surface area contributed by atoms with Gasteiger partial charge < -0.3 is 29.0 Å². The van der Waals surface area contributed by atoms with Gasteiger partial charge >= 0.3 is 6.03 Å². The standard InChI is InChI=1S/C28H36N4O6S/c1-21-9-11-23(12-10-21)30-27(33)31(19-26-8-5-14-38-26)18-24-17-29-28(32(24)13-15-36-2)39(34,35)20-22-6-4-7-25(16-22)37-3/h4,6-7,9-12,16-17,26H,5,8,13-15,18-20H2,1-3H3,(H,30,33)/t26-/m0/s1. The molecule has 1 aliphatic rings. The van der Waals surface area contributed by atoms with Crippen LogP contribution in [0.4, 0.5) is 10.5 Å². The van der Waals surface area contributed by atoms with Crippen molar-refractivity contribution in [1.29, 1.82) is 0 Å². The number of imidazole rings is 1. The summed E-state index contributed by atoms with van der Waals surface area (Å²) in [6.45, 7) is 3.73. The topological polar surface area (TPSA) is 112 Å². The molecule has 4 rings (SSSR count). The summed E-state index contributed by atoms with van der Waals surface area (Å²) in [5.41, 5.74) is 2.95. The highest BCUT2D eigenvalue weighted by Gasteiger charge is 2.28. The second-order valence-electron chi connectivity index (χ2n) is 9.60. The quantitative estimate of drug-likeness (QED) is 0.358. The molecule has 0 saturated carbocycles. The number of amides is 2. The van der Waals surface area contributed by atoms with Gasteiger partial charge in [-0.1, -0.05) is 29.8 Å². The third kappa shape index (κ3) is 7.59. The van der Waals surface area contributed by atoms with Crippen molar-refractivity contribution in [3.63, 3.8) is 0 Å². The lowest BCUT2D eigenvalue weighted by atomic mass is 10.2. The summed E-state index contributed by atoms with van der Waals surface area (Å²) in [7, 11) is -0.721. The first-order valence-corrected chi connectivity index (χ1v) is 14.6. The van der Waals surface area contributed by atoms with Crippen LogP contribution in [0.2, 0.25) is 0 Å². The molecule has 0 spiro atoms. The zero-order valence-corrected chi connectivity index (χ0v) is 23.4. The van der Waals surface area contributed by atoms with E-state index in [1.165, 1.54) is 13.3 Å². The van der Waals surface area contributed by atoms with E-state index in [0.717, 1.165) is 18.4 Å². The maximum atomic E-state index is 13.5. The molecule has 1 N–H and O–H groups in total. The second kappa shape index (κ2) is 13.1. The lowest BCUT2D eigenvalue weighted by Crippen LogP contribution is -2.40. The average molecular weight is 557 g/mol. The third-order valence-electron chi connectivity index (χ3n) is 6.58. The van der Waals surface area contributed by atoms with Crippen molar-refractivity contribution in [3.8, 4) is 5.75 Å². The highest BCUT2D eigenvalue weighted by molar-refractivity contribution is 7.90. The molecule has 2 amide bonds.